The molecule has 2 aromatic heterocycles. The zero-order chi connectivity index (χ0) is 69.5. The number of likely N-dealkylation sites (tertiary alicyclic amines) is 2. The molecule has 2 fully saturated rings. The smallest absolute Gasteiger partial charge is 0.419 e. The van der Waals surface area contributed by atoms with Crippen LogP contribution in [-0.4, -0.2) is 144 Å². The number of rotatable bonds is 17. The average molecular weight is 1400 g/mol. The standard InChI is InChI=1S/C38H52N2O8Si.C24H37NO6Si.C10H10BrN.CH4/c1-35(2,3)47-33(43)39-23-27(29-19-15-16-20-30(29)39)21-38(45-25-31(41)26-17-13-12-14-18-26)22-28(24-46-49(10,11)37(7,8)9)40(32(38)42)34(44)48-36(4,5)6;1-23(2,3)31-22(28)25-18(15-30-32(7,8)24(4,5)6)14-20(21(25)27)29-16-19(26)17-12-10-9-11-13-17;1-12-7-8(6-11)9-4-2-3-5-10(9)12;/h12-20,23,28H,21-22,24-25H2,1-11H3;9-13,18,20H,14-16H2,1-8H3;2-5,7H,6H2,1H3;1H4. The Bertz CT molecular complexity index is 3610. The summed E-state index contributed by atoms with van der Waals surface area (Å²) < 4.78 is 45.5. The fraction of sp³-hybridized carbons (Fsp3) is 0.521. The molecule has 18 nitrogen and oxygen atoms in total. The summed E-state index contributed by atoms with van der Waals surface area (Å²) in [6.07, 6.45) is 1.10. The van der Waals surface area contributed by atoms with E-state index in [2.05, 4.69) is 126 Å². The number of alkyl halides is 1. The van der Waals surface area contributed by atoms with Crippen molar-refractivity contribution >= 4 is 96.0 Å². The maximum atomic E-state index is 14.8. The predicted octanol–water partition coefficient (Wildman–Crippen LogP) is 16.7. The molecule has 0 bridgehead atoms. The number of aryl methyl sites for hydroxylation is 1. The van der Waals surface area contributed by atoms with Crippen LogP contribution >= 0.6 is 15.9 Å². The Balaban J connectivity index is 0.000000302. The molecule has 8 rings (SSSR count). The van der Waals surface area contributed by atoms with Crippen molar-refractivity contribution < 1.29 is 66.1 Å². The largest absolute Gasteiger partial charge is 0.443 e. The highest BCUT2D eigenvalue weighted by Crippen LogP contribution is 2.42. The van der Waals surface area contributed by atoms with Crippen molar-refractivity contribution in [2.24, 2.45) is 7.05 Å². The minimum absolute atomic E-state index is 0. The summed E-state index contributed by atoms with van der Waals surface area (Å²) in [7, 11) is -2.33. The van der Waals surface area contributed by atoms with Crippen LogP contribution in [0.4, 0.5) is 14.4 Å². The topological polar surface area (TPSA) is 200 Å². The first-order valence-electron chi connectivity index (χ1n) is 31.7. The molecule has 4 heterocycles. The molecule has 0 radical (unpaired) electrons. The highest BCUT2D eigenvalue weighted by molar-refractivity contribution is 9.08. The number of benzene rings is 4. The number of fused-ring (bicyclic) bond motifs is 2. The van der Waals surface area contributed by atoms with Crippen LogP contribution in [0.3, 0.4) is 0 Å². The molecule has 2 aliphatic rings. The van der Waals surface area contributed by atoms with Crippen molar-refractivity contribution in [2.75, 3.05) is 26.4 Å². The van der Waals surface area contributed by atoms with E-state index in [1.54, 1.807) is 123 Å². The van der Waals surface area contributed by atoms with Gasteiger partial charge in [0.15, 0.2) is 33.8 Å². The zero-order valence-electron chi connectivity index (χ0n) is 58.3. The highest BCUT2D eigenvalue weighted by Gasteiger charge is 2.57. The molecule has 0 saturated carbocycles. The minimum Gasteiger partial charge on any atom is -0.443 e. The summed E-state index contributed by atoms with van der Waals surface area (Å²) in [5.41, 5.74) is 0.796. The summed E-state index contributed by atoms with van der Waals surface area (Å²) >= 11 is 3.48. The van der Waals surface area contributed by atoms with E-state index in [0.717, 1.165) is 15.1 Å². The molecule has 514 valence electrons. The highest BCUT2D eigenvalue weighted by atomic mass is 79.9. The van der Waals surface area contributed by atoms with E-state index in [9.17, 15) is 33.6 Å². The number of Topliss-reactive ketones (excluding diaryl/α,β-unsaturated/α-hetero) is 2. The van der Waals surface area contributed by atoms with Crippen molar-refractivity contribution in [1.82, 2.24) is 18.9 Å². The van der Waals surface area contributed by atoms with E-state index in [4.69, 9.17) is 32.5 Å². The van der Waals surface area contributed by atoms with E-state index in [1.807, 2.05) is 30.3 Å². The van der Waals surface area contributed by atoms with E-state index < -0.39 is 93.9 Å². The van der Waals surface area contributed by atoms with Gasteiger partial charge in [0.25, 0.3) is 11.8 Å². The molecule has 0 spiro atoms. The SMILES string of the molecule is C.CC(C)(C)OC(=O)N1C(=O)C(Cc2cn(C(=O)OC(C)(C)C)c3ccccc23)(OCC(=O)c2ccccc2)CC1CO[Si](C)(C)C(C)(C)C.CC(C)(C)OC(=O)N1C(=O)C(OCC(=O)c2ccccc2)CC1CO[Si](C)(C)C(C)(C)C.Cn1cc(CBr)c2ccccc21. The van der Waals surface area contributed by atoms with Gasteiger partial charge in [-0.05, 0) is 122 Å². The number of imide groups is 2. The summed E-state index contributed by atoms with van der Waals surface area (Å²) in [6.45, 7) is 36.7. The lowest BCUT2D eigenvalue weighted by Crippen LogP contribution is -2.50. The first kappa shape index (κ1) is 78.1. The van der Waals surface area contributed by atoms with E-state index in [0.29, 0.717) is 27.6 Å². The molecule has 6 aromatic rings. The Hall–Kier alpha value is -6.60. The van der Waals surface area contributed by atoms with Crippen LogP contribution in [0.2, 0.25) is 36.3 Å². The normalized spacial score (nSPS) is 18.0. The number of hydrogen-bond donors (Lipinski definition) is 0. The maximum absolute atomic E-state index is 14.8. The summed E-state index contributed by atoms with van der Waals surface area (Å²) in [4.78, 5) is 95.8. The van der Waals surface area contributed by atoms with Gasteiger partial charge >= 0.3 is 18.3 Å². The first-order valence-corrected chi connectivity index (χ1v) is 38.7. The number of carbonyl (C=O) groups excluding carboxylic acids is 7. The fourth-order valence-corrected chi connectivity index (χ4v) is 12.6. The van der Waals surface area contributed by atoms with Gasteiger partial charge in [-0.25, -0.2) is 24.2 Å². The lowest BCUT2D eigenvalue weighted by atomic mass is 9.90. The number of para-hydroxylation sites is 2. The molecule has 2 saturated heterocycles. The maximum Gasteiger partial charge on any atom is 0.419 e. The average Bonchev–Trinajstić information content (AvgIpc) is 1.59. The number of amides is 4. The lowest BCUT2D eigenvalue weighted by Gasteiger charge is -2.37. The van der Waals surface area contributed by atoms with Crippen molar-refractivity contribution in [1.29, 1.82) is 0 Å². The number of ether oxygens (including phenoxy) is 5. The van der Waals surface area contributed by atoms with Gasteiger partial charge in [0.1, 0.15) is 36.1 Å². The third kappa shape index (κ3) is 20.2. The molecule has 2 aliphatic heterocycles. The van der Waals surface area contributed by atoms with Crippen LogP contribution in [-0.2, 0) is 60.9 Å². The minimum atomic E-state index is -2.31. The summed E-state index contributed by atoms with van der Waals surface area (Å²) in [5.74, 6) is -1.65. The predicted molar refractivity (Wildman–Crippen MR) is 379 cm³/mol. The van der Waals surface area contributed by atoms with Crippen molar-refractivity contribution in [3.05, 3.63) is 144 Å². The molecule has 4 amide bonds. The second-order valence-electron chi connectivity index (χ2n) is 30.0. The molecule has 0 N–H and O–H groups in total. The lowest BCUT2D eigenvalue weighted by molar-refractivity contribution is -0.147. The van der Waals surface area contributed by atoms with Crippen molar-refractivity contribution in [2.45, 2.75) is 213 Å². The molecule has 21 heteroatoms. The van der Waals surface area contributed by atoms with Crippen LogP contribution < -0.4 is 0 Å². The number of halogens is 1. The third-order valence-electron chi connectivity index (χ3n) is 17.0. The van der Waals surface area contributed by atoms with E-state index in [1.165, 1.54) is 21.0 Å². The van der Waals surface area contributed by atoms with Crippen molar-refractivity contribution in [3.8, 4) is 0 Å². The summed E-state index contributed by atoms with van der Waals surface area (Å²) in [6, 6.07) is 32.0. The zero-order valence-corrected chi connectivity index (χ0v) is 61.9. The van der Waals surface area contributed by atoms with Gasteiger partial charge < -0.3 is 37.1 Å². The first-order chi connectivity index (χ1) is 43.0. The van der Waals surface area contributed by atoms with Crippen LogP contribution in [0.1, 0.15) is 156 Å². The van der Waals surface area contributed by atoms with Crippen molar-refractivity contribution in [3.63, 3.8) is 0 Å². The van der Waals surface area contributed by atoms with Crippen LogP contribution in [0.5, 0.6) is 0 Å². The van der Waals surface area contributed by atoms with Gasteiger partial charge in [-0.3, -0.25) is 23.7 Å². The number of nitrogens with zero attached hydrogens (tertiary/aromatic N) is 4. The second kappa shape index (κ2) is 31.1. The van der Waals surface area contributed by atoms with Gasteiger partial charge in [-0.1, -0.05) is 162 Å². The number of hydrogen-bond acceptors (Lipinski definition) is 14. The van der Waals surface area contributed by atoms with Crippen LogP contribution in [0.25, 0.3) is 21.8 Å². The van der Waals surface area contributed by atoms with Crippen LogP contribution in [0.15, 0.2) is 122 Å². The Morgan fingerprint density at radius 1 is 0.543 bits per heavy atom. The van der Waals surface area contributed by atoms with Gasteiger partial charge in [0, 0.05) is 71.4 Å². The number of ketones is 2. The monoisotopic (exact) mass is 1390 g/mol. The fourth-order valence-electron chi connectivity index (χ4n) is 10.1. The number of carbonyl (C=O) groups is 7. The van der Waals surface area contributed by atoms with Gasteiger partial charge in [-0.15, -0.1) is 0 Å². The Morgan fingerprint density at radius 2 is 0.968 bits per heavy atom. The Morgan fingerprint density at radius 3 is 1.45 bits per heavy atom. The van der Waals surface area contributed by atoms with Gasteiger partial charge in [0.2, 0.25) is 0 Å². The number of aromatic nitrogens is 2. The van der Waals surface area contributed by atoms with Gasteiger partial charge in [-0.2, -0.15) is 0 Å². The molecule has 4 unspecified atom stereocenters. The quantitative estimate of drug-likeness (QED) is 0.0361. The third-order valence-corrected chi connectivity index (χ3v) is 26.6. The molecular formula is C73H103BrN4O14Si2. The molecule has 4 atom stereocenters. The molecule has 4 aromatic carbocycles. The van der Waals surface area contributed by atoms with E-state index in [-0.39, 0.29) is 68.2 Å². The summed E-state index contributed by atoms with van der Waals surface area (Å²) in [5, 5.41) is 2.85. The molecule has 94 heavy (non-hydrogen) atoms. The van der Waals surface area contributed by atoms with E-state index >= 15 is 0 Å². The van der Waals surface area contributed by atoms with Gasteiger partial charge in [0.05, 0.1) is 30.8 Å². The molecular weight excluding hydrogens is 1290 g/mol. The Labute approximate surface area is 568 Å². The van der Waals surface area contributed by atoms with Crippen LogP contribution in [0, 0.1) is 0 Å². The second-order valence-corrected chi connectivity index (χ2v) is 40.2. The molecule has 0 aliphatic carbocycles. The Kier molecular flexibility index (Phi) is 25.8.